The number of rotatable bonds is 3. The van der Waals surface area contributed by atoms with Gasteiger partial charge in [0, 0.05) is 24.8 Å². The molecule has 0 amide bonds. The molecule has 0 saturated heterocycles. The van der Waals surface area contributed by atoms with Crippen LogP contribution in [-0.4, -0.2) is 24.5 Å². The molecule has 0 saturated carbocycles. The molecule has 2 aromatic carbocycles. The Kier molecular flexibility index (Phi) is 4.16. The first kappa shape index (κ1) is 15.9. The summed E-state index contributed by atoms with van der Waals surface area (Å²) in [6, 6.07) is 9.07. The van der Waals surface area contributed by atoms with Crippen molar-refractivity contribution < 1.29 is 18.8 Å². The maximum absolute atomic E-state index is 13.3. The molecule has 0 fully saturated rings. The number of nitro groups is 1. The second kappa shape index (κ2) is 6.27. The molecule has 2 aromatic rings. The molecule has 0 spiro atoms. The van der Waals surface area contributed by atoms with Crippen LogP contribution in [-0.2, 0) is 17.7 Å². The Bertz CT molecular complexity index is 822. The number of hydrogen-bond donors (Lipinski definition) is 0. The molecule has 3 rings (SSSR count). The molecule has 0 unspecified atom stereocenters. The second-order valence-electron chi connectivity index (χ2n) is 5.53. The van der Waals surface area contributed by atoms with E-state index in [-0.39, 0.29) is 17.1 Å². The van der Waals surface area contributed by atoms with Crippen LogP contribution in [0.4, 0.5) is 15.8 Å². The van der Waals surface area contributed by atoms with E-state index in [1.165, 1.54) is 31.4 Å². The van der Waals surface area contributed by atoms with E-state index in [1.807, 2.05) is 4.90 Å². The summed E-state index contributed by atoms with van der Waals surface area (Å²) < 4.78 is 17.9. The van der Waals surface area contributed by atoms with Gasteiger partial charge in [-0.15, -0.1) is 0 Å². The Morgan fingerprint density at radius 3 is 2.75 bits per heavy atom. The first-order valence-electron chi connectivity index (χ1n) is 7.38. The van der Waals surface area contributed by atoms with Crippen molar-refractivity contribution in [2.75, 3.05) is 18.6 Å². The SMILES string of the molecule is COC(=O)c1cc(N2CCc3cc(F)ccc3C2)ccc1[N+](=O)[O-]. The van der Waals surface area contributed by atoms with E-state index in [9.17, 15) is 19.3 Å². The summed E-state index contributed by atoms with van der Waals surface area (Å²) in [6.45, 7) is 1.18. The predicted octanol–water partition coefficient (Wildman–Crippen LogP) is 3.08. The highest BCUT2D eigenvalue weighted by Gasteiger charge is 2.24. The fourth-order valence-corrected chi connectivity index (χ4v) is 2.90. The number of hydrogen-bond acceptors (Lipinski definition) is 5. The molecule has 0 radical (unpaired) electrons. The average molecular weight is 330 g/mol. The normalized spacial score (nSPS) is 13.3. The molecule has 0 bridgehead atoms. The minimum Gasteiger partial charge on any atom is -0.465 e. The van der Waals surface area contributed by atoms with Crippen LogP contribution in [0.25, 0.3) is 0 Å². The maximum Gasteiger partial charge on any atom is 0.344 e. The predicted molar refractivity (Wildman–Crippen MR) is 85.6 cm³/mol. The van der Waals surface area contributed by atoms with Gasteiger partial charge in [0.15, 0.2) is 0 Å². The van der Waals surface area contributed by atoms with Crippen molar-refractivity contribution in [3.8, 4) is 0 Å². The van der Waals surface area contributed by atoms with E-state index in [1.54, 1.807) is 12.1 Å². The Morgan fingerprint density at radius 1 is 1.25 bits per heavy atom. The van der Waals surface area contributed by atoms with Gasteiger partial charge < -0.3 is 9.64 Å². The lowest BCUT2D eigenvalue weighted by molar-refractivity contribution is -0.385. The quantitative estimate of drug-likeness (QED) is 0.491. The number of carbonyl (C=O) groups is 1. The highest BCUT2D eigenvalue weighted by molar-refractivity contribution is 5.95. The van der Waals surface area contributed by atoms with Crippen LogP contribution in [0.15, 0.2) is 36.4 Å². The number of halogens is 1. The van der Waals surface area contributed by atoms with E-state index in [0.29, 0.717) is 25.2 Å². The topological polar surface area (TPSA) is 72.7 Å². The fraction of sp³-hybridized carbons (Fsp3) is 0.235. The molecule has 1 heterocycles. The molecular formula is C17H15FN2O4. The van der Waals surface area contributed by atoms with Crippen LogP contribution in [0.1, 0.15) is 21.5 Å². The molecule has 24 heavy (non-hydrogen) atoms. The maximum atomic E-state index is 13.3. The summed E-state index contributed by atoms with van der Waals surface area (Å²) in [5.41, 5.74) is 2.29. The first-order chi connectivity index (χ1) is 11.5. The lowest BCUT2D eigenvalue weighted by Crippen LogP contribution is -2.30. The smallest absolute Gasteiger partial charge is 0.344 e. The molecule has 124 valence electrons. The average Bonchev–Trinajstić information content (AvgIpc) is 2.59. The lowest BCUT2D eigenvalue weighted by atomic mass is 9.99. The van der Waals surface area contributed by atoms with Crippen LogP contribution in [0.3, 0.4) is 0 Å². The molecule has 1 aliphatic rings. The molecule has 7 heteroatoms. The van der Waals surface area contributed by atoms with Gasteiger partial charge in [-0.05, 0) is 41.8 Å². The van der Waals surface area contributed by atoms with E-state index in [2.05, 4.69) is 4.74 Å². The summed E-state index contributed by atoms with van der Waals surface area (Å²) in [6.07, 6.45) is 0.664. The molecule has 6 nitrogen and oxygen atoms in total. The van der Waals surface area contributed by atoms with E-state index in [0.717, 1.165) is 11.1 Å². The van der Waals surface area contributed by atoms with Gasteiger partial charge in [-0.3, -0.25) is 10.1 Å². The Labute approximate surface area is 137 Å². The van der Waals surface area contributed by atoms with Crippen LogP contribution < -0.4 is 4.90 Å². The molecule has 0 N–H and O–H groups in total. The number of esters is 1. The highest BCUT2D eigenvalue weighted by atomic mass is 19.1. The van der Waals surface area contributed by atoms with Crippen molar-refractivity contribution in [1.82, 2.24) is 0 Å². The molecule has 1 aliphatic heterocycles. The van der Waals surface area contributed by atoms with Crippen molar-refractivity contribution in [3.63, 3.8) is 0 Å². The van der Waals surface area contributed by atoms with Crippen molar-refractivity contribution in [2.24, 2.45) is 0 Å². The largest absolute Gasteiger partial charge is 0.465 e. The van der Waals surface area contributed by atoms with Crippen LogP contribution in [0, 0.1) is 15.9 Å². The minimum absolute atomic E-state index is 0.0788. The molecule has 0 aliphatic carbocycles. The molecular weight excluding hydrogens is 315 g/mol. The minimum atomic E-state index is -0.747. The monoisotopic (exact) mass is 330 g/mol. The van der Waals surface area contributed by atoms with E-state index in [4.69, 9.17) is 0 Å². The number of methoxy groups -OCH3 is 1. The number of carbonyl (C=O) groups excluding carboxylic acids is 1. The second-order valence-corrected chi connectivity index (χ2v) is 5.53. The zero-order chi connectivity index (χ0) is 17.3. The van der Waals surface area contributed by atoms with Crippen LogP contribution >= 0.6 is 0 Å². The van der Waals surface area contributed by atoms with Crippen molar-refractivity contribution in [1.29, 1.82) is 0 Å². The summed E-state index contributed by atoms with van der Waals surface area (Å²) in [4.78, 5) is 24.3. The van der Waals surface area contributed by atoms with E-state index < -0.39 is 10.9 Å². The molecule has 0 aromatic heterocycles. The van der Waals surface area contributed by atoms with Gasteiger partial charge in [0.2, 0.25) is 0 Å². The summed E-state index contributed by atoms with van der Waals surface area (Å²) in [7, 11) is 1.18. The van der Waals surface area contributed by atoms with Crippen molar-refractivity contribution >= 4 is 17.3 Å². The third-order valence-corrected chi connectivity index (χ3v) is 4.13. The zero-order valence-corrected chi connectivity index (χ0v) is 13.0. The summed E-state index contributed by atoms with van der Waals surface area (Å²) >= 11 is 0. The fourth-order valence-electron chi connectivity index (χ4n) is 2.90. The Hall–Kier alpha value is -2.96. The van der Waals surface area contributed by atoms with Crippen molar-refractivity contribution in [3.05, 3.63) is 69.0 Å². The number of nitro benzene ring substituents is 1. The number of ether oxygens (including phenoxy) is 1. The van der Waals surface area contributed by atoms with Gasteiger partial charge >= 0.3 is 5.97 Å². The lowest BCUT2D eigenvalue weighted by Gasteiger charge is -2.31. The summed E-state index contributed by atoms with van der Waals surface area (Å²) in [5, 5.41) is 11.1. The van der Waals surface area contributed by atoms with Gasteiger partial charge in [-0.1, -0.05) is 6.07 Å². The van der Waals surface area contributed by atoms with Gasteiger partial charge in [0.25, 0.3) is 5.69 Å². The first-order valence-corrected chi connectivity index (χ1v) is 7.38. The van der Waals surface area contributed by atoms with Gasteiger partial charge in [-0.2, -0.15) is 0 Å². The number of nitrogens with zero attached hydrogens (tertiary/aromatic N) is 2. The number of benzene rings is 2. The summed E-state index contributed by atoms with van der Waals surface area (Å²) in [5.74, 6) is -1.01. The van der Waals surface area contributed by atoms with Crippen LogP contribution in [0.5, 0.6) is 0 Å². The highest BCUT2D eigenvalue weighted by Crippen LogP contribution is 2.29. The Balaban J connectivity index is 1.94. The van der Waals surface area contributed by atoms with Crippen molar-refractivity contribution in [2.45, 2.75) is 13.0 Å². The zero-order valence-electron chi connectivity index (χ0n) is 13.0. The van der Waals surface area contributed by atoms with Crippen LogP contribution in [0.2, 0.25) is 0 Å². The van der Waals surface area contributed by atoms with Gasteiger partial charge in [-0.25, -0.2) is 9.18 Å². The van der Waals surface area contributed by atoms with Gasteiger partial charge in [0.05, 0.1) is 12.0 Å². The third-order valence-electron chi connectivity index (χ3n) is 4.13. The molecule has 0 atom stereocenters. The standard InChI is InChI=1S/C17H15FN2O4/c1-24-17(21)15-9-14(4-5-16(15)20(22)23)19-7-6-11-8-13(18)3-2-12(11)10-19/h2-5,8-9H,6-7,10H2,1H3. The third kappa shape index (κ3) is 2.92. The Morgan fingerprint density at radius 2 is 2.04 bits per heavy atom. The number of anilines is 1. The van der Waals surface area contributed by atoms with E-state index >= 15 is 0 Å². The number of fused-ring (bicyclic) bond motifs is 1. The van der Waals surface area contributed by atoms with Gasteiger partial charge in [0.1, 0.15) is 11.4 Å².